The summed E-state index contributed by atoms with van der Waals surface area (Å²) in [5.74, 6) is -2.33. The molecule has 0 aliphatic carbocycles. The molecule has 2 rings (SSSR count). The fourth-order valence-electron chi connectivity index (χ4n) is 1.86. The Hall–Kier alpha value is -3.49. The van der Waals surface area contributed by atoms with Crippen molar-refractivity contribution in [1.29, 1.82) is 0 Å². The third kappa shape index (κ3) is 5.00. The number of ether oxygens (including phenoxy) is 1. The van der Waals surface area contributed by atoms with Gasteiger partial charge in [-0.2, -0.15) is 0 Å². The zero-order valence-electron chi connectivity index (χ0n) is 13.9. The summed E-state index contributed by atoms with van der Waals surface area (Å²) in [5.41, 5.74) is 0.671. The third-order valence-electron chi connectivity index (χ3n) is 3.28. The summed E-state index contributed by atoms with van der Waals surface area (Å²) < 4.78 is 23.2. The summed E-state index contributed by atoms with van der Waals surface area (Å²) in [5, 5.41) is 12.9. The van der Waals surface area contributed by atoms with Gasteiger partial charge in [-0.25, -0.2) is 9.18 Å². The summed E-state index contributed by atoms with van der Waals surface area (Å²) >= 11 is 0. The van der Waals surface area contributed by atoms with Crippen molar-refractivity contribution in [2.45, 2.75) is 20.0 Å². The van der Waals surface area contributed by atoms with Gasteiger partial charge in [-0.05, 0) is 43.7 Å². The van der Waals surface area contributed by atoms with Gasteiger partial charge >= 0.3 is 11.9 Å². The Morgan fingerprint density at radius 1 is 1.35 bits per heavy atom. The highest BCUT2D eigenvalue weighted by Crippen LogP contribution is 2.17. The second-order valence-electron chi connectivity index (χ2n) is 5.30. The Morgan fingerprint density at radius 2 is 2.08 bits per heavy atom. The number of esters is 1. The number of hydrogen-bond acceptors (Lipinski definition) is 6. The minimum atomic E-state index is -1.14. The molecule has 1 aromatic heterocycles. The van der Waals surface area contributed by atoms with Crippen LogP contribution in [0, 0.1) is 22.9 Å². The molecule has 0 bridgehead atoms. The number of anilines is 1. The van der Waals surface area contributed by atoms with E-state index in [-0.39, 0.29) is 11.4 Å². The SMILES string of the molecule is Cc1ccc(NC(=O)[C@@H](C)OC(=O)/C=C/c2ccc([N+](=O)[O-])o2)cc1F. The summed E-state index contributed by atoms with van der Waals surface area (Å²) in [4.78, 5) is 33.4. The van der Waals surface area contributed by atoms with E-state index >= 15 is 0 Å². The molecule has 0 saturated carbocycles. The zero-order chi connectivity index (χ0) is 19.3. The van der Waals surface area contributed by atoms with Gasteiger partial charge < -0.3 is 14.5 Å². The molecular weight excluding hydrogens is 347 g/mol. The molecule has 0 saturated heterocycles. The highest BCUT2D eigenvalue weighted by Gasteiger charge is 2.17. The molecule has 1 heterocycles. The number of carbonyl (C=O) groups is 2. The minimum absolute atomic E-state index is 0.0842. The van der Waals surface area contributed by atoms with Gasteiger partial charge in [0.2, 0.25) is 0 Å². The normalized spacial score (nSPS) is 12.0. The molecule has 1 atom stereocenters. The lowest BCUT2D eigenvalue weighted by Gasteiger charge is -2.12. The molecule has 0 radical (unpaired) electrons. The van der Waals surface area contributed by atoms with Crippen LogP contribution in [0.15, 0.2) is 40.8 Å². The van der Waals surface area contributed by atoms with Gasteiger partial charge in [0, 0.05) is 11.8 Å². The largest absolute Gasteiger partial charge is 0.449 e. The van der Waals surface area contributed by atoms with Crippen LogP contribution in [-0.4, -0.2) is 22.9 Å². The molecule has 0 aliphatic rings. The lowest BCUT2D eigenvalue weighted by atomic mass is 10.2. The molecule has 0 fully saturated rings. The van der Waals surface area contributed by atoms with Crippen LogP contribution in [0.1, 0.15) is 18.2 Å². The minimum Gasteiger partial charge on any atom is -0.449 e. The molecule has 1 amide bonds. The molecule has 0 spiro atoms. The van der Waals surface area contributed by atoms with Gasteiger partial charge in [0.25, 0.3) is 5.91 Å². The lowest BCUT2D eigenvalue weighted by Crippen LogP contribution is -2.29. The van der Waals surface area contributed by atoms with Crippen LogP contribution in [-0.2, 0) is 14.3 Å². The van der Waals surface area contributed by atoms with Gasteiger partial charge in [-0.3, -0.25) is 14.9 Å². The average molecular weight is 362 g/mol. The van der Waals surface area contributed by atoms with E-state index in [1.807, 2.05) is 0 Å². The first-order chi connectivity index (χ1) is 12.3. The quantitative estimate of drug-likeness (QED) is 0.365. The maximum Gasteiger partial charge on any atom is 0.433 e. The van der Waals surface area contributed by atoms with Crippen LogP contribution < -0.4 is 5.32 Å². The number of hydrogen-bond donors (Lipinski definition) is 1. The maximum atomic E-state index is 13.5. The topological polar surface area (TPSA) is 112 Å². The molecule has 1 aromatic carbocycles. The van der Waals surface area contributed by atoms with Crippen LogP contribution >= 0.6 is 0 Å². The number of amides is 1. The highest BCUT2D eigenvalue weighted by atomic mass is 19.1. The standard InChI is InChI=1S/C17H15FN2O6/c1-10-3-4-12(9-14(10)18)19-17(22)11(2)25-16(21)8-6-13-5-7-15(26-13)20(23)24/h3-9,11H,1-2H3,(H,19,22)/b8-6+/t11-/m1/s1. The van der Waals surface area contributed by atoms with E-state index in [4.69, 9.17) is 9.15 Å². The summed E-state index contributed by atoms with van der Waals surface area (Å²) in [7, 11) is 0. The molecule has 136 valence electrons. The molecule has 26 heavy (non-hydrogen) atoms. The van der Waals surface area contributed by atoms with Crippen molar-refractivity contribution in [3.8, 4) is 0 Å². The summed E-state index contributed by atoms with van der Waals surface area (Å²) in [6.07, 6.45) is 1.01. The molecule has 1 N–H and O–H groups in total. The number of carbonyl (C=O) groups excluding carboxylic acids is 2. The van der Waals surface area contributed by atoms with Crippen molar-refractivity contribution in [2.75, 3.05) is 5.32 Å². The van der Waals surface area contributed by atoms with E-state index in [0.717, 1.165) is 18.2 Å². The van der Waals surface area contributed by atoms with Crippen molar-refractivity contribution >= 4 is 29.5 Å². The Morgan fingerprint density at radius 3 is 2.69 bits per heavy atom. The number of nitrogens with zero attached hydrogens (tertiary/aromatic N) is 1. The van der Waals surface area contributed by atoms with Crippen molar-refractivity contribution in [3.05, 3.63) is 63.7 Å². The number of aryl methyl sites for hydroxylation is 1. The van der Waals surface area contributed by atoms with Gasteiger partial charge in [-0.1, -0.05) is 6.07 Å². The van der Waals surface area contributed by atoms with E-state index in [1.54, 1.807) is 6.92 Å². The zero-order valence-corrected chi connectivity index (χ0v) is 13.9. The van der Waals surface area contributed by atoms with Crippen LogP contribution in [0.2, 0.25) is 0 Å². The highest BCUT2D eigenvalue weighted by molar-refractivity contribution is 5.96. The Bertz CT molecular complexity index is 874. The average Bonchev–Trinajstić information content (AvgIpc) is 3.05. The smallest absolute Gasteiger partial charge is 0.433 e. The summed E-state index contributed by atoms with van der Waals surface area (Å²) in [6, 6.07) is 6.64. The van der Waals surface area contributed by atoms with Gasteiger partial charge in [-0.15, -0.1) is 0 Å². The second-order valence-corrected chi connectivity index (χ2v) is 5.30. The third-order valence-corrected chi connectivity index (χ3v) is 3.28. The first-order valence-electron chi connectivity index (χ1n) is 7.46. The second kappa shape index (κ2) is 8.06. The van der Waals surface area contributed by atoms with Crippen molar-refractivity contribution < 1.29 is 28.1 Å². The van der Waals surface area contributed by atoms with Crippen LogP contribution in [0.4, 0.5) is 16.0 Å². The Labute approximate surface area is 147 Å². The predicted molar refractivity (Wildman–Crippen MR) is 89.7 cm³/mol. The number of nitro groups is 1. The van der Waals surface area contributed by atoms with Gasteiger partial charge in [0.15, 0.2) is 6.10 Å². The predicted octanol–water partition coefficient (Wildman–Crippen LogP) is 3.22. The van der Waals surface area contributed by atoms with Crippen LogP contribution in [0.5, 0.6) is 0 Å². The van der Waals surface area contributed by atoms with Crippen LogP contribution in [0.25, 0.3) is 6.08 Å². The number of nitrogens with one attached hydrogen (secondary N) is 1. The van der Waals surface area contributed by atoms with E-state index in [2.05, 4.69) is 5.32 Å². The number of furan rings is 1. The van der Waals surface area contributed by atoms with E-state index in [9.17, 15) is 24.1 Å². The van der Waals surface area contributed by atoms with Gasteiger partial charge in [0.1, 0.15) is 16.5 Å². The number of halogens is 1. The maximum absolute atomic E-state index is 13.5. The number of benzene rings is 1. The fraction of sp³-hybridized carbons (Fsp3) is 0.176. The van der Waals surface area contributed by atoms with Crippen molar-refractivity contribution in [2.24, 2.45) is 0 Å². The Balaban J connectivity index is 1.90. The van der Waals surface area contributed by atoms with Gasteiger partial charge in [0.05, 0.1) is 6.07 Å². The Kier molecular flexibility index (Phi) is 5.84. The van der Waals surface area contributed by atoms with E-state index < -0.39 is 34.6 Å². The first-order valence-corrected chi connectivity index (χ1v) is 7.46. The fourth-order valence-corrected chi connectivity index (χ4v) is 1.86. The molecule has 0 aliphatic heterocycles. The molecule has 2 aromatic rings. The van der Waals surface area contributed by atoms with Crippen molar-refractivity contribution in [3.63, 3.8) is 0 Å². The van der Waals surface area contributed by atoms with Crippen LogP contribution in [0.3, 0.4) is 0 Å². The van der Waals surface area contributed by atoms with E-state index in [1.165, 1.54) is 31.2 Å². The van der Waals surface area contributed by atoms with E-state index in [0.29, 0.717) is 5.56 Å². The molecule has 0 unspecified atom stereocenters. The molecule has 8 nitrogen and oxygen atoms in total. The van der Waals surface area contributed by atoms with Crippen molar-refractivity contribution in [1.82, 2.24) is 0 Å². The lowest BCUT2D eigenvalue weighted by molar-refractivity contribution is -0.402. The molecule has 9 heteroatoms. The monoisotopic (exact) mass is 362 g/mol. The first kappa shape index (κ1) is 18.8. The summed E-state index contributed by atoms with van der Waals surface area (Å²) in [6.45, 7) is 2.94. The molecular formula is C17H15FN2O6. The number of rotatable bonds is 6.